The molecule has 3 heterocycles. The Kier molecular flexibility index (Phi) is 4.43. The monoisotopic (exact) mass is 370 g/mol. The minimum atomic E-state index is -0.424. The lowest BCUT2D eigenvalue weighted by Gasteiger charge is -2.30. The maximum absolute atomic E-state index is 13.1. The number of carbonyl (C=O) groups is 1. The van der Waals surface area contributed by atoms with Crippen LogP contribution in [0.3, 0.4) is 0 Å². The van der Waals surface area contributed by atoms with Crippen molar-refractivity contribution in [3.05, 3.63) is 46.6 Å². The first-order valence-corrected chi connectivity index (χ1v) is 8.88. The largest absolute Gasteiger partial charge is 0.341 e. The van der Waals surface area contributed by atoms with E-state index in [0.717, 1.165) is 17.5 Å². The number of fused-ring (bicyclic) bond motifs is 1. The van der Waals surface area contributed by atoms with Gasteiger partial charge in [-0.05, 0) is 43.0 Å². The molecule has 1 amide bonds. The molecule has 4 rings (SSSR count). The molecule has 27 heavy (non-hydrogen) atoms. The van der Waals surface area contributed by atoms with E-state index in [0.29, 0.717) is 24.7 Å². The third-order valence-corrected chi connectivity index (χ3v) is 4.82. The Morgan fingerprint density at radius 3 is 2.81 bits per heavy atom. The normalized spacial score (nSPS) is 17.4. The molecule has 8 nitrogen and oxygen atoms in total. The number of piperidine rings is 1. The summed E-state index contributed by atoms with van der Waals surface area (Å²) in [5, 5.41) is 12.4. The van der Waals surface area contributed by atoms with E-state index in [9.17, 15) is 14.0 Å². The molecule has 1 aliphatic heterocycles. The molecule has 1 saturated heterocycles. The van der Waals surface area contributed by atoms with Gasteiger partial charge in [0.1, 0.15) is 17.7 Å². The van der Waals surface area contributed by atoms with Gasteiger partial charge in [0.2, 0.25) is 5.91 Å². The Bertz CT molecular complexity index is 1040. The molecule has 1 atom stereocenters. The van der Waals surface area contributed by atoms with Crippen molar-refractivity contribution in [2.24, 2.45) is 5.92 Å². The number of hydrogen-bond acceptors (Lipinski definition) is 5. The van der Waals surface area contributed by atoms with Crippen LogP contribution in [0.15, 0.2) is 35.3 Å². The molecule has 0 radical (unpaired) electrons. The molecule has 0 saturated carbocycles. The molecule has 1 aliphatic rings. The molecule has 140 valence electrons. The predicted molar refractivity (Wildman–Crippen MR) is 95.9 cm³/mol. The smallest absolute Gasteiger partial charge is 0.281 e. The van der Waals surface area contributed by atoms with E-state index in [1.54, 1.807) is 4.90 Å². The fraction of sp³-hybridized carbons (Fsp3) is 0.389. The molecular weight excluding hydrogens is 351 g/mol. The molecule has 0 unspecified atom stereocenters. The Balaban J connectivity index is 1.62. The van der Waals surface area contributed by atoms with Gasteiger partial charge in [-0.2, -0.15) is 5.10 Å². The summed E-state index contributed by atoms with van der Waals surface area (Å²) in [7, 11) is 0. The highest BCUT2D eigenvalue weighted by molar-refractivity contribution is 5.77. The quantitative estimate of drug-likeness (QED) is 0.695. The first kappa shape index (κ1) is 17.3. The average Bonchev–Trinajstić information content (AvgIpc) is 3.09. The zero-order valence-corrected chi connectivity index (χ0v) is 14.9. The van der Waals surface area contributed by atoms with Crippen LogP contribution in [0.2, 0.25) is 0 Å². The number of halogens is 1. The second-order valence-corrected chi connectivity index (χ2v) is 6.91. The van der Waals surface area contributed by atoms with E-state index < -0.39 is 5.56 Å². The third-order valence-electron chi connectivity index (χ3n) is 4.82. The molecule has 0 spiro atoms. The van der Waals surface area contributed by atoms with Crippen molar-refractivity contribution in [1.29, 1.82) is 0 Å². The number of hydrogen-bond donors (Lipinski definition) is 0. The Morgan fingerprint density at radius 2 is 2.07 bits per heavy atom. The second kappa shape index (κ2) is 6.90. The summed E-state index contributed by atoms with van der Waals surface area (Å²) < 4.78 is 15.6. The summed E-state index contributed by atoms with van der Waals surface area (Å²) in [4.78, 5) is 27.0. The highest BCUT2D eigenvalue weighted by Crippen LogP contribution is 2.16. The fourth-order valence-corrected chi connectivity index (χ4v) is 3.38. The Labute approximate surface area is 154 Å². The van der Waals surface area contributed by atoms with Crippen molar-refractivity contribution < 1.29 is 9.18 Å². The first-order valence-electron chi connectivity index (χ1n) is 8.88. The second-order valence-electron chi connectivity index (χ2n) is 6.91. The summed E-state index contributed by atoms with van der Waals surface area (Å²) in [5.41, 5.74) is 0.407. The summed E-state index contributed by atoms with van der Waals surface area (Å²) in [5.74, 6) is -0.0423. The lowest BCUT2D eigenvalue weighted by Crippen LogP contribution is -2.42. The van der Waals surface area contributed by atoms with Gasteiger partial charge in [-0.1, -0.05) is 12.1 Å². The lowest BCUT2D eigenvalue weighted by atomic mass is 10.0. The minimum absolute atomic E-state index is 0.136. The third kappa shape index (κ3) is 3.32. The molecule has 3 aromatic rings. The van der Waals surface area contributed by atoms with Crippen molar-refractivity contribution in [3.8, 4) is 5.69 Å². The number of nitrogens with zero attached hydrogens (tertiary/aromatic N) is 6. The van der Waals surface area contributed by atoms with Gasteiger partial charge < -0.3 is 4.90 Å². The molecule has 0 bridgehead atoms. The van der Waals surface area contributed by atoms with Gasteiger partial charge in [0.15, 0.2) is 5.65 Å². The van der Waals surface area contributed by atoms with Crippen molar-refractivity contribution in [2.45, 2.75) is 26.3 Å². The molecule has 9 heteroatoms. The number of benzene rings is 1. The van der Waals surface area contributed by atoms with Crippen molar-refractivity contribution in [1.82, 2.24) is 29.7 Å². The highest BCUT2D eigenvalue weighted by Gasteiger charge is 2.22. The summed E-state index contributed by atoms with van der Waals surface area (Å²) >= 11 is 0. The minimum Gasteiger partial charge on any atom is -0.341 e. The van der Waals surface area contributed by atoms with E-state index in [2.05, 4.69) is 22.3 Å². The van der Waals surface area contributed by atoms with Crippen LogP contribution in [-0.2, 0) is 11.3 Å². The van der Waals surface area contributed by atoms with Crippen molar-refractivity contribution in [3.63, 3.8) is 0 Å². The summed E-state index contributed by atoms with van der Waals surface area (Å²) in [6, 6.07) is 5.68. The number of carbonyl (C=O) groups excluding carboxylic acids is 1. The van der Waals surface area contributed by atoms with Crippen LogP contribution in [0, 0.1) is 11.7 Å². The van der Waals surface area contributed by atoms with Crippen LogP contribution in [-0.4, -0.2) is 48.7 Å². The van der Waals surface area contributed by atoms with E-state index >= 15 is 0 Å². The average molecular weight is 370 g/mol. The van der Waals surface area contributed by atoms with Crippen LogP contribution >= 0.6 is 0 Å². The summed E-state index contributed by atoms with van der Waals surface area (Å²) in [6.07, 6.45) is 3.47. The molecule has 1 fully saturated rings. The predicted octanol–water partition coefficient (Wildman–Crippen LogP) is 1.37. The van der Waals surface area contributed by atoms with Gasteiger partial charge in [0.25, 0.3) is 5.56 Å². The molecule has 0 aliphatic carbocycles. The zero-order chi connectivity index (χ0) is 19.0. The van der Waals surface area contributed by atoms with E-state index in [1.165, 1.54) is 35.1 Å². The first-order chi connectivity index (χ1) is 13.0. The topological polar surface area (TPSA) is 85.9 Å². The van der Waals surface area contributed by atoms with Crippen molar-refractivity contribution >= 4 is 16.9 Å². The van der Waals surface area contributed by atoms with Gasteiger partial charge in [-0.25, -0.2) is 13.8 Å². The van der Waals surface area contributed by atoms with Crippen molar-refractivity contribution in [2.75, 3.05) is 13.1 Å². The molecule has 1 aromatic carbocycles. The van der Waals surface area contributed by atoms with Crippen LogP contribution in [0.4, 0.5) is 4.39 Å². The maximum atomic E-state index is 13.1. The van der Waals surface area contributed by atoms with Gasteiger partial charge in [-0.15, -0.1) is 5.10 Å². The van der Waals surface area contributed by atoms with Crippen LogP contribution in [0.25, 0.3) is 16.7 Å². The van der Waals surface area contributed by atoms with Crippen LogP contribution in [0.1, 0.15) is 19.8 Å². The Morgan fingerprint density at radius 1 is 1.30 bits per heavy atom. The summed E-state index contributed by atoms with van der Waals surface area (Å²) in [6.45, 7) is 3.37. The van der Waals surface area contributed by atoms with E-state index in [4.69, 9.17) is 0 Å². The molecule has 2 aromatic heterocycles. The van der Waals surface area contributed by atoms with Crippen LogP contribution < -0.4 is 5.56 Å². The number of likely N-dealkylation sites (tertiary alicyclic amines) is 1. The SMILES string of the molecule is C[C@@H]1CCCN(C(=O)Cn2nnc3c(cnn3-c3ccc(F)cc3)c2=O)C1. The number of aromatic nitrogens is 5. The lowest BCUT2D eigenvalue weighted by molar-refractivity contribution is -0.133. The zero-order valence-electron chi connectivity index (χ0n) is 14.9. The van der Waals surface area contributed by atoms with E-state index in [1.807, 2.05) is 0 Å². The van der Waals surface area contributed by atoms with Gasteiger partial charge >= 0.3 is 0 Å². The standard InChI is InChI=1S/C18H19FN6O2/c1-12-3-2-8-23(10-12)16(26)11-24-18(27)15-9-20-25(17(15)21-22-24)14-6-4-13(19)5-7-14/h4-7,9,12H,2-3,8,10-11H2,1H3/t12-/m1/s1. The highest BCUT2D eigenvalue weighted by atomic mass is 19.1. The van der Waals surface area contributed by atoms with Gasteiger partial charge in [-0.3, -0.25) is 9.59 Å². The fourth-order valence-electron chi connectivity index (χ4n) is 3.38. The van der Waals surface area contributed by atoms with Gasteiger partial charge in [0, 0.05) is 13.1 Å². The number of amides is 1. The van der Waals surface area contributed by atoms with E-state index in [-0.39, 0.29) is 29.3 Å². The van der Waals surface area contributed by atoms with Gasteiger partial charge in [0.05, 0.1) is 11.9 Å². The number of rotatable bonds is 3. The Hall–Kier alpha value is -3.10. The molecular formula is C18H19FN6O2. The van der Waals surface area contributed by atoms with Crippen LogP contribution in [0.5, 0.6) is 0 Å². The molecule has 0 N–H and O–H groups in total. The maximum Gasteiger partial charge on any atom is 0.281 e.